The number of halogens is 2. The molecule has 2 aliphatic rings. The van der Waals surface area contributed by atoms with Gasteiger partial charge < -0.3 is 15.2 Å². The molecule has 0 amide bonds. The van der Waals surface area contributed by atoms with Gasteiger partial charge in [-0.1, -0.05) is 19.3 Å². The van der Waals surface area contributed by atoms with Crippen molar-refractivity contribution >= 4 is 0 Å². The summed E-state index contributed by atoms with van der Waals surface area (Å²) < 4.78 is 38.1. The van der Waals surface area contributed by atoms with E-state index in [9.17, 15) is 8.78 Å². The smallest absolute Gasteiger partial charge is 0.264 e. The van der Waals surface area contributed by atoms with Crippen molar-refractivity contribution in [3.63, 3.8) is 0 Å². The first-order valence-electron chi connectivity index (χ1n) is 7.61. The second-order valence-electron chi connectivity index (χ2n) is 5.95. The molecule has 116 valence electrons. The summed E-state index contributed by atoms with van der Waals surface area (Å²) in [6.07, 6.45) is 2.76. The molecule has 0 unspecified atom stereocenters. The summed E-state index contributed by atoms with van der Waals surface area (Å²) in [6.45, 7) is 1.03. The maximum Gasteiger partial charge on any atom is 0.264 e. The molecule has 1 aliphatic heterocycles. The Morgan fingerprint density at radius 3 is 2.19 bits per heavy atom. The third-order valence-electron chi connectivity index (χ3n) is 4.44. The van der Waals surface area contributed by atoms with Crippen LogP contribution in [0.4, 0.5) is 8.78 Å². The SMILES string of the molecule is NC1(c2cc3c(cc2C(F)F)OCCCO3)CCCCC1. The van der Waals surface area contributed by atoms with E-state index in [4.69, 9.17) is 15.2 Å². The van der Waals surface area contributed by atoms with Crippen LogP contribution in [0.25, 0.3) is 0 Å². The molecule has 0 aromatic heterocycles. The lowest BCUT2D eigenvalue weighted by molar-refractivity contribution is 0.145. The Morgan fingerprint density at radius 1 is 0.952 bits per heavy atom. The average Bonchev–Trinajstić information content (AvgIpc) is 2.71. The number of hydrogen-bond acceptors (Lipinski definition) is 3. The molecule has 1 fully saturated rings. The van der Waals surface area contributed by atoms with Gasteiger partial charge in [-0.05, 0) is 30.5 Å². The summed E-state index contributed by atoms with van der Waals surface area (Å²) in [6, 6.07) is 3.11. The molecule has 0 atom stereocenters. The summed E-state index contributed by atoms with van der Waals surface area (Å²) in [5, 5.41) is 0. The van der Waals surface area contributed by atoms with Gasteiger partial charge in [-0.15, -0.1) is 0 Å². The fourth-order valence-corrected chi connectivity index (χ4v) is 3.29. The van der Waals surface area contributed by atoms with Gasteiger partial charge in [0.2, 0.25) is 0 Å². The van der Waals surface area contributed by atoms with Crippen LogP contribution < -0.4 is 15.2 Å². The second-order valence-corrected chi connectivity index (χ2v) is 5.95. The van der Waals surface area contributed by atoms with Gasteiger partial charge in [-0.2, -0.15) is 0 Å². The van der Waals surface area contributed by atoms with Gasteiger partial charge in [0.25, 0.3) is 6.43 Å². The van der Waals surface area contributed by atoms with Gasteiger partial charge in [0, 0.05) is 17.5 Å². The number of nitrogens with two attached hydrogens (primary N) is 1. The maximum atomic E-state index is 13.5. The first-order valence-corrected chi connectivity index (χ1v) is 7.61. The van der Waals surface area contributed by atoms with Crippen LogP contribution in [0.5, 0.6) is 11.5 Å². The van der Waals surface area contributed by atoms with Gasteiger partial charge in [0.05, 0.1) is 13.2 Å². The Bertz CT molecular complexity index is 513. The Kier molecular flexibility index (Phi) is 4.02. The van der Waals surface area contributed by atoms with E-state index < -0.39 is 12.0 Å². The molecule has 0 spiro atoms. The van der Waals surface area contributed by atoms with E-state index in [0.717, 1.165) is 38.5 Å². The largest absolute Gasteiger partial charge is 0.490 e. The monoisotopic (exact) mass is 297 g/mol. The lowest BCUT2D eigenvalue weighted by atomic mass is 9.75. The van der Waals surface area contributed by atoms with Gasteiger partial charge in [-0.25, -0.2) is 8.78 Å². The maximum absolute atomic E-state index is 13.5. The lowest BCUT2D eigenvalue weighted by Crippen LogP contribution is -2.39. The number of fused-ring (bicyclic) bond motifs is 1. The molecule has 1 saturated carbocycles. The van der Waals surface area contributed by atoms with Crippen molar-refractivity contribution in [1.29, 1.82) is 0 Å². The summed E-state index contributed by atoms with van der Waals surface area (Å²) in [4.78, 5) is 0. The average molecular weight is 297 g/mol. The number of hydrogen-bond donors (Lipinski definition) is 1. The molecule has 1 heterocycles. The van der Waals surface area contributed by atoms with Crippen LogP contribution in [0, 0.1) is 0 Å². The van der Waals surface area contributed by atoms with Gasteiger partial charge in [0.15, 0.2) is 11.5 Å². The Labute approximate surface area is 123 Å². The highest BCUT2D eigenvalue weighted by Gasteiger charge is 2.35. The van der Waals surface area contributed by atoms with Crippen LogP contribution >= 0.6 is 0 Å². The van der Waals surface area contributed by atoms with E-state index in [1.807, 2.05) is 0 Å². The molecule has 1 aliphatic carbocycles. The lowest BCUT2D eigenvalue weighted by Gasteiger charge is -2.35. The first kappa shape index (κ1) is 14.6. The molecule has 1 aromatic rings. The van der Waals surface area contributed by atoms with E-state index in [-0.39, 0.29) is 5.56 Å². The van der Waals surface area contributed by atoms with Crippen LogP contribution in [0.2, 0.25) is 0 Å². The minimum Gasteiger partial charge on any atom is -0.490 e. The summed E-state index contributed by atoms with van der Waals surface area (Å²) in [7, 11) is 0. The zero-order valence-electron chi connectivity index (χ0n) is 12.0. The van der Waals surface area contributed by atoms with E-state index in [0.29, 0.717) is 30.3 Å². The summed E-state index contributed by atoms with van der Waals surface area (Å²) in [5.74, 6) is 0.952. The number of rotatable bonds is 2. The molecule has 1 aromatic carbocycles. The quantitative estimate of drug-likeness (QED) is 0.900. The summed E-state index contributed by atoms with van der Waals surface area (Å²) >= 11 is 0. The van der Waals surface area contributed by atoms with Gasteiger partial charge in [-0.3, -0.25) is 0 Å². The molecule has 21 heavy (non-hydrogen) atoms. The Morgan fingerprint density at radius 2 is 1.57 bits per heavy atom. The summed E-state index contributed by atoms with van der Waals surface area (Å²) in [5.41, 5.74) is 6.31. The zero-order chi connectivity index (χ0) is 14.9. The molecular formula is C16H21F2NO2. The molecule has 3 nitrogen and oxygen atoms in total. The van der Waals surface area contributed by atoms with Crippen LogP contribution in [-0.2, 0) is 5.54 Å². The molecule has 5 heteroatoms. The van der Waals surface area contributed by atoms with Gasteiger partial charge in [0.1, 0.15) is 0 Å². The van der Waals surface area contributed by atoms with E-state index in [2.05, 4.69) is 0 Å². The number of ether oxygens (including phenoxy) is 2. The third-order valence-corrected chi connectivity index (χ3v) is 4.44. The predicted octanol–water partition coefficient (Wildman–Crippen LogP) is 3.90. The minimum absolute atomic E-state index is 0.0105. The number of benzene rings is 1. The van der Waals surface area contributed by atoms with Gasteiger partial charge >= 0.3 is 0 Å². The Balaban J connectivity index is 2.07. The van der Waals surface area contributed by atoms with Crippen molar-refractivity contribution in [1.82, 2.24) is 0 Å². The van der Waals surface area contributed by atoms with Crippen LogP contribution in [0.1, 0.15) is 56.1 Å². The highest BCUT2D eigenvalue weighted by Crippen LogP contribution is 2.44. The van der Waals surface area contributed by atoms with Crippen molar-refractivity contribution in [3.8, 4) is 11.5 Å². The van der Waals surface area contributed by atoms with E-state index >= 15 is 0 Å². The highest BCUT2D eigenvalue weighted by atomic mass is 19.3. The minimum atomic E-state index is -2.56. The Hall–Kier alpha value is -1.36. The molecule has 3 rings (SSSR count). The van der Waals surface area contributed by atoms with Crippen molar-refractivity contribution in [2.75, 3.05) is 13.2 Å². The van der Waals surface area contributed by atoms with E-state index in [1.54, 1.807) is 6.07 Å². The van der Waals surface area contributed by atoms with Crippen molar-refractivity contribution in [3.05, 3.63) is 23.3 Å². The third kappa shape index (κ3) is 2.84. The fourth-order valence-electron chi connectivity index (χ4n) is 3.29. The normalized spacial score (nSPS) is 21.1. The van der Waals surface area contributed by atoms with Crippen LogP contribution in [-0.4, -0.2) is 13.2 Å². The molecule has 2 N–H and O–H groups in total. The molecule has 0 bridgehead atoms. The van der Waals surface area contributed by atoms with E-state index in [1.165, 1.54) is 6.07 Å². The van der Waals surface area contributed by atoms with Crippen LogP contribution in [0.15, 0.2) is 12.1 Å². The molecule has 0 radical (unpaired) electrons. The fraction of sp³-hybridized carbons (Fsp3) is 0.625. The van der Waals surface area contributed by atoms with Crippen molar-refractivity contribution in [2.45, 2.75) is 50.5 Å². The first-order chi connectivity index (χ1) is 10.1. The zero-order valence-corrected chi connectivity index (χ0v) is 12.0. The highest BCUT2D eigenvalue weighted by molar-refractivity contribution is 5.50. The standard InChI is InChI=1S/C16H21F2NO2/c17-15(18)11-9-13-14(21-8-4-7-20-13)10-12(11)16(19)5-2-1-3-6-16/h9-10,15H,1-8,19H2. The second kappa shape index (κ2) is 5.79. The topological polar surface area (TPSA) is 44.5 Å². The van der Waals surface area contributed by atoms with Crippen molar-refractivity contribution < 1.29 is 18.3 Å². The predicted molar refractivity (Wildman–Crippen MR) is 76.0 cm³/mol. The molecular weight excluding hydrogens is 276 g/mol. The van der Waals surface area contributed by atoms with Crippen molar-refractivity contribution in [2.24, 2.45) is 5.73 Å². The molecule has 0 saturated heterocycles. The van der Waals surface area contributed by atoms with Crippen LogP contribution in [0.3, 0.4) is 0 Å². The number of alkyl halides is 2.